The van der Waals surface area contributed by atoms with E-state index in [0.717, 1.165) is 29.6 Å². The van der Waals surface area contributed by atoms with Gasteiger partial charge in [-0.2, -0.15) is 4.68 Å². The number of thioether (sulfide) groups is 1. The van der Waals surface area contributed by atoms with Gasteiger partial charge in [-0.1, -0.05) is 43.3 Å². The van der Waals surface area contributed by atoms with Crippen LogP contribution >= 0.6 is 11.8 Å². The van der Waals surface area contributed by atoms with Crippen LogP contribution in [0.1, 0.15) is 32.6 Å². The van der Waals surface area contributed by atoms with Crippen LogP contribution in [0, 0.1) is 5.92 Å². The van der Waals surface area contributed by atoms with E-state index in [0.29, 0.717) is 5.25 Å². The fourth-order valence-corrected chi connectivity index (χ4v) is 4.14. The van der Waals surface area contributed by atoms with E-state index in [1.165, 1.54) is 12.8 Å². The molecule has 6 heteroatoms. The van der Waals surface area contributed by atoms with E-state index >= 15 is 0 Å². The first kappa shape index (κ1) is 14.5. The molecule has 2 N–H and O–H groups in total. The smallest absolute Gasteiger partial charge is 0.214 e. The van der Waals surface area contributed by atoms with E-state index in [2.05, 4.69) is 22.4 Å². The molecule has 1 aliphatic carbocycles. The van der Waals surface area contributed by atoms with Crippen LogP contribution in [0.4, 0.5) is 0 Å². The quantitative estimate of drug-likeness (QED) is 0.940. The first-order chi connectivity index (χ1) is 10.3. The second-order valence-electron chi connectivity index (χ2n) is 5.62. The maximum Gasteiger partial charge on any atom is 0.214 e. The van der Waals surface area contributed by atoms with E-state index in [1.807, 2.05) is 30.3 Å². The van der Waals surface area contributed by atoms with Crippen LogP contribution in [0.2, 0.25) is 0 Å². The van der Waals surface area contributed by atoms with Crippen LogP contribution in [-0.2, 0) is 0 Å². The number of benzene rings is 1. The Morgan fingerprint density at radius 3 is 2.86 bits per heavy atom. The maximum atomic E-state index is 6.30. The van der Waals surface area contributed by atoms with Gasteiger partial charge in [-0.25, -0.2) is 0 Å². The number of rotatable bonds is 4. The minimum Gasteiger partial charge on any atom is -0.327 e. The Morgan fingerprint density at radius 2 is 2.10 bits per heavy atom. The number of aromatic nitrogens is 4. The minimum atomic E-state index is 0.235. The van der Waals surface area contributed by atoms with Gasteiger partial charge in [0.1, 0.15) is 0 Å². The first-order valence-electron chi connectivity index (χ1n) is 7.54. The molecule has 3 unspecified atom stereocenters. The Labute approximate surface area is 129 Å². The molecule has 3 atom stereocenters. The van der Waals surface area contributed by atoms with Crippen molar-refractivity contribution in [3.8, 4) is 5.69 Å². The first-order valence-corrected chi connectivity index (χ1v) is 8.42. The van der Waals surface area contributed by atoms with E-state index in [-0.39, 0.29) is 6.04 Å². The average Bonchev–Trinajstić information content (AvgIpc) is 2.98. The van der Waals surface area contributed by atoms with Crippen molar-refractivity contribution in [1.29, 1.82) is 0 Å². The predicted octanol–water partition coefficient (Wildman–Crippen LogP) is 2.66. The highest BCUT2D eigenvalue weighted by molar-refractivity contribution is 7.99. The summed E-state index contributed by atoms with van der Waals surface area (Å²) in [5, 5.41) is 13.4. The molecule has 0 bridgehead atoms. The molecular formula is C15H21N5S. The molecule has 1 aromatic heterocycles. The standard InChI is InChI=1S/C15H21N5S/c1-2-11-8-9-13(16)14(10-11)21-15-17-18-19-20(15)12-6-4-3-5-7-12/h3-7,11,13-14H,2,8-10,16H2,1H3. The lowest BCUT2D eigenvalue weighted by Gasteiger charge is -2.32. The zero-order valence-electron chi connectivity index (χ0n) is 12.2. The molecule has 1 heterocycles. The van der Waals surface area contributed by atoms with Gasteiger partial charge in [0.25, 0.3) is 0 Å². The largest absolute Gasteiger partial charge is 0.327 e. The lowest BCUT2D eigenvalue weighted by atomic mass is 9.84. The zero-order chi connectivity index (χ0) is 14.7. The Hall–Kier alpha value is -1.40. The van der Waals surface area contributed by atoms with Gasteiger partial charge in [-0.15, -0.1) is 5.10 Å². The monoisotopic (exact) mass is 303 g/mol. The van der Waals surface area contributed by atoms with Gasteiger partial charge < -0.3 is 5.73 Å². The molecule has 1 aromatic carbocycles. The Bertz CT molecular complexity index is 570. The second kappa shape index (κ2) is 6.58. The number of nitrogens with two attached hydrogens (primary N) is 1. The van der Waals surface area contributed by atoms with Gasteiger partial charge in [-0.3, -0.25) is 0 Å². The van der Waals surface area contributed by atoms with Crippen molar-refractivity contribution in [3.05, 3.63) is 30.3 Å². The Morgan fingerprint density at radius 1 is 1.29 bits per heavy atom. The highest BCUT2D eigenvalue weighted by Gasteiger charge is 2.29. The van der Waals surface area contributed by atoms with Crippen LogP contribution in [0.5, 0.6) is 0 Å². The van der Waals surface area contributed by atoms with Crippen LogP contribution in [0.25, 0.3) is 5.69 Å². The van der Waals surface area contributed by atoms with Crippen molar-refractivity contribution >= 4 is 11.8 Å². The number of hydrogen-bond acceptors (Lipinski definition) is 5. The summed E-state index contributed by atoms with van der Waals surface area (Å²) in [5.41, 5.74) is 7.29. The summed E-state index contributed by atoms with van der Waals surface area (Å²) in [6, 6.07) is 10.2. The number of tetrazole rings is 1. The highest BCUT2D eigenvalue weighted by atomic mass is 32.2. The molecule has 2 aromatic rings. The van der Waals surface area contributed by atoms with E-state index in [1.54, 1.807) is 16.4 Å². The van der Waals surface area contributed by atoms with Crippen molar-refractivity contribution in [2.45, 2.75) is 49.1 Å². The average molecular weight is 303 g/mol. The van der Waals surface area contributed by atoms with E-state index in [4.69, 9.17) is 5.73 Å². The number of hydrogen-bond donors (Lipinski definition) is 1. The summed E-state index contributed by atoms with van der Waals surface area (Å²) in [6.07, 6.45) is 4.73. The van der Waals surface area contributed by atoms with Crippen LogP contribution in [-0.4, -0.2) is 31.5 Å². The lowest BCUT2D eigenvalue weighted by Crippen LogP contribution is -2.38. The lowest BCUT2D eigenvalue weighted by molar-refractivity contribution is 0.327. The summed E-state index contributed by atoms with van der Waals surface area (Å²) in [5.74, 6) is 0.781. The maximum absolute atomic E-state index is 6.30. The fourth-order valence-electron chi connectivity index (χ4n) is 2.86. The summed E-state index contributed by atoms with van der Waals surface area (Å²) in [6.45, 7) is 2.26. The summed E-state index contributed by atoms with van der Waals surface area (Å²) in [7, 11) is 0. The van der Waals surface area contributed by atoms with Crippen LogP contribution in [0.3, 0.4) is 0 Å². The molecule has 1 saturated carbocycles. The van der Waals surface area contributed by atoms with Crippen molar-refractivity contribution < 1.29 is 0 Å². The van der Waals surface area contributed by atoms with Gasteiger partial charge in [0.05, 0.1) is 5.69 Å². The van der Waals surface area contributed by atoms with Gasteiger partial charge in [0.15, 0.2) is 0 Å². The molecule has 112 valence electrons. The van der Waals surface area contributed by atoms with Gasteiger partial charge >= 0.3 is 0 Å². The van der Waals surface area contributed by atoms with Gasteiger partial charge in [0, 0.05) is 11.3 Å². The Kier molecular flexibility index (Phi) is 4.55. The highest BCUT2D eigenvalue weighted by Crippen LogP contribution is 2.36. The fraction of sp³-hybridized carbons (Fsp3) is 0.533. The molecule has 3 rings (SSSR count). The molecule has 5 nitrogen and oxygen atoms in total. The molecule has 1 fully saturated rings. The summed E-state index contributed by atoms with van der Waals surface area (Å²) < 4.78 is 1.80. The van der Waals surface area contributed by atoms with Crippen LogP contribution < -0.4 is 5.73 Å². The molecule has 0 spiro atoms. The topological polar surface area (TPSA) is 69.6 Å². The summed E-state index contributed by atoms with van der Waals surface area (Å²) >= 11 is 1.72. The predicted molar refractivity (Wildman–Crippen MR) is 84.4 cm³/mol. The third-order valence-electron chi connectivity index (χ3n) is 4.23. The zero-order valence-corrected chi connectivity index (χ0v) is 13.0. The van der Waals surface area contributed by atoms with Crippen molar-refractivity contribution in [1.82, 2.24) is 20.2 Å². The van der Waals surface area contributed by atoms with E-state index in [9.17, 15) is 0 Å². The SMILES string of the molecule is CCC1CCC(N)C(Sc2nnnn2-c2ccccc2)C1. The van der Waals surface area contributed by atoms with Crippen molar-refractivity contribution in [2.24, 2.45) is 11.7 Å². The normalized spacial score (nSPS) is 25.9. The minimum absolute atomic E-state index is 0.235. The van der Waals surface area contributed by atoms with Crippen LogP contribution in [0.15, 0.2) is 35.5 Å². The van der Waals surface area contributed by atoms with E-state index < -0.39 is 0 Å². The number of para-hydroxylation sites is 1. The van der Waals surface area contributed by atoms with Gasteiger partial charge in [-0.05, 0) is 47.7 Å². The second-order valence-corrected chi connectivity index (χ2v) is 6.82. The number of nitrogens with zero attached hydrogens (tertiary/aromatic N) is 4. The molecule has 0 aliphatic heterocycles. The van der Waals surface area contributed by atoms with Gasteiger partial charge in [0.2, 0.25) is 5.16 Å². The Balaban J connectivity index is 1.78. The van der Waals surface area contributed by atoms with Crippen molar-refractivity contribution in [2.75, 3.05) is 0 Å². The third kappa shape index (κ3) is 3.27. The molecule has 21 heavy (non-hydrogen) atoms. The molecule has 0 radical (unpaired) electrons. The third-order valence-corrected chi connectivity index (χ3v) is 5.54. The molecular weight excluding hydrogens is 282 g/mol. The molecule has 0 amide bonds. The summed E-state index contributed by atoms with van der Waals surface area (Å²) in [4.78, 5) is 0. The molecule has 1 aliphatic rings. The molecule has 0 saturated heterocycles. The van der Waals surface area contributed by atoms with Crippen molar-refractivity contribution in [3.63, 3.8) is 0 Å².